The number of hydrogen-bond acceptors (Lipinski definition) is 5. The summed E-state index contributed by atoms with van der Waals surface area (Å²) in [6.07, 6.45) is -0.240. The topological polar surface area (TPSA) is 95.4 Å². The lowest BCUT2D eigenvalue weighted by molar-refractivity contribution is -0.171. The summed E-state index contributed by atoms with van der Waals surface area (Å²) in [6, 6.07) is 0. The van der Waals surface area contributed by atoms with Crippen molar-refractivity contribution in [3.05, 3.63) is 0 Å². The van der Waals surface area contributed by atoms with E-state index >= 15 is 0 Å². The van der Waals surface area contributed by atoms with Crippen molar-refractivity contribution in [1.82, 2.24) is 0 Å². The van der Waals surface area contributed by atoms with Crippen LogP contribution in [0.2, 0.25) is 0 Å². The number of halogens is 2. The molecule has 0 aromatic rings. The van der Waals surface area contributed by atoms with Crippen molar-refractivity contribution in [3.8, 4) is 0 Å². The number of carbonyl (C=O) groups is 2. The number of carbonyl (C=O) groups excluding carboxylic acids is 2. The Kier molecular flexibility index (Phi) is 5.80. The van der Waals surface area contributed by atoms with E-state index in [0.717, 1.165) is 0 Å². The third kappa shape index (κ3) is 4.79. The Morgan fingerprint density at radius 2 is 1.65 bits per heavy atom. The minimum Gasteiger partial charge on any atom is -0.458 e. The first-order valence-corrected chi connectivity index (χ1v) is 6.41. The van der Waals surface area contributed by atoms with Gasteiger partial charge in [0.05, 0.1) is 6.54 Å². The van der Waals surface area contributed by atoms with E-state index in [1.54, 1.807) is 34.6 Å². The summed E-state index contributed by atoms with van der Waals surface area (Å²) in [7, 11) is 0. The van der Waals surface area contributed by atoms with Gasteiger partial charge in [0.15, 0.2) is 5.54 Å². The fourth-order valence-corrected chi connectivity index (χ4v) is 1.70. The Hall–Kier alpha value is -1.08. The quantitative estimate of drug-likeness (QED) is 0.567. The van der Waals surface area contributed by atoms with Crippen molar-refractivity contribution in [2.75, 3.05) is 6.54 Å². The lowest BCUT2D eigenvalue weighted by Crippen LogP contribution is -2.63. The summed E-state index contributed by atoms with van der Waals surface area (Å²) in [5, 5.41) is 0. The number of esters is 1. The normalized spacial score (nSPS) is 15.9. The molecule has 0 aliphatic rings. The Balaban J connectivity index is 5.52. The molecule has 0 aliphatic carbocycles. The Bertz CT molecular complexity index is 378. The fourth-order valence-electron chi connectivity index (χ4n) is 1.70. The molecule has 0 aromatic carbocycles. The highest BCUT2D eigenvalue weighted by Crippen LogP contribution is 2.27. The van der Waals surface area contributed by atoms with Crippen LogP contribution in [-0.2, 0) is 14.3 Å². The summed E-state index contributed by atoms with van der Waals surface area (Å²) in [5.74, 6) is -6.96. The molecule has 0 bridgehead atoms. The zero-order valence-electron chi connectivity index (χ0n) is 12.6. The third-order valence-electron chi connectivity index (χ3n) is 2.49. The van der Waals surface area contributed by atoms with Crippen LogP contribution in [0.5, 0.6) is 0 Å². The molecule has 0 aromatic heterocycles. The molecule has 0 radical (unpaired) electrons. The second-order valence-electron chi connectivity index (χ2n) is 6.31. The van der Waals surface area contributed by atoms with Crippen LogP contribution in [0.1, 0.15) is 41.0 Å². The van der Waals surface area contributed by atoms with Crippen molar-refractivity contribution < 1.29 is 23.1 Å². The van der Waals surface area contributed by atoms with Gasteiger partial charge in [0.1, 0.15) is 5.60 Å². The Morgan fingerprint density at radius 3 is 1.95 bits per heavy atom. The number of hydrogen-bond donors (Lipinski definition) is 2. The van der Waals surface area contributed by atoms with Crippen LogP contribution in [0.3, 0.4) is 0 Å². The highest BCUT2D eigenvalue weighted by atomic mass is 19.3. The van der Waals surface area contributed by atoms with E-state index in [4.69, 9.17) is 16.2 Å². The van der Waals surface area contributed by atoms with Gasteiger partial charge in [-0.2, -0.15) is 8.78 Å². The highest BCUT2D eigenvalue weighted by Gasteiger charge is 2.55. The van der Waals surface area contributed by atoms with E-state index in [2.05, 4.69) is 0 Å². The smallest absolute Gasteiger partial charge is 0.334 e. The van der Waals surface area contributed by atoms with Gasteiger partial charge in [-0.05, 0) is 33.1 Å². The summed E-state index contributed by atoms with van der Waals surface area (Å²) in [6.45, 7) is 6.82. The van der Waals surface area contributed by atoms with Crippen molar-refractivity contribution in [1.29, 1.82) is 0 Å². The van der Waals surface area contributed by atoms with Crippen LogP contribution >= 0.6 is 0 Å². The maximum Gasteiger partial charge on any atom is 0.334 e. The molecule has 1 atom stereocenters. The molecule has 0 aliphatic heterocycles. The predicted molar refractivity (Wildman–Crippen MR) is 71.2 cm³/mol. The number of nitrogens with two attached hydrogens (primary N) is 2. The highest BCUT2D eigenvalue weighted by molar-refractivity contribution is 6.11. The van der Waals surface area contributed by atoms with Crippen molar-refractivity contribution in [2.45, 2.75) is 58.1 Å². The molecule has 5 nitrogen and oxygen atoms in total. The molecule has 0 saturated heterocycles. The molecule has 0 heterocycles. The summed E-state index contributed by atoms with van der Waals surface area (Å²) in [5.41, 5.74) is 7.25. The zero-order valence-corrected chi connectivity index (χ0v) is 12.6. The number of rotatable bonds is 6. The van der Waals surface area contributed by atoms with Gasteiger partial charge in [0, 0.05) is 0 Å². The van der Waals surface area contributed by atoms with E-state index < -0.39 is 35.4 Å². The lowest BCUT2D eigenvalue weighted by atomic mass is 9.83. The first-order valence-electron chi connectivity index (χ1n) is 6.41. The molecule has 118 valence electrons. The molecule has 0 spiro atoms. The molecular weight excluding hydrogens is 270 g/mol. The second-order valence-corrected chi connectivity index (χ2v) is 6.31. The first kappa shape index (κ1) is 18.9. The molecule has 0 fully saturated rings. The Morgan fingerprint density at radius 1 is 1.20 bits per heavy atom. The predicted octanol–water partition coefficient (Wildman–Crippen LogP) is 1.23. The monoisotopic (exact) mass is 294 g/mol. The van der Waals surface area contributed by atoms with Gasteiger partial charge < -0.3 is 16.2 Å². The summed E-state index contributed by atoms with van der Waals surface area (Å²) >= 11 is 0. The van der Waals surface area contributed by atoms with Crippen LogP contribution < -0.4 is 11.5 Å². The minimum atomic E-state index is -3.86. The largest absolute Gasteiger partial charge is 0.458 e. The first-order chi connectivity index (χ1) is 8.76. The molecular formula is C13H24F2N2O3. The molecule has 0 rings (SSSR count). The third-order valence-corrected chi connectivity index (χ3v) is 2.49. The van der Waals surface area contributed by atoms with Crippen LogP contribution in [-0.4, -0.2) is 35.4 Å². The zero-order chi connectivity index (χ0) is 16.4. The van der Waals surface area contributed by atoms with Crippen LogP contribution in [0.25, 0.3) is 0 Å². The van der Waals surface area contributed by atoms with E-state index in [9.17, 15) is 18.4 Å². The van der Waals surface area contributed by atoms with Crippen molar-refractivity contribution in [3.63, 3.8) is 0 Å². The molecule has 20 heavy (non-hydrogen) atoms. The maximum absolute atomic E-state index is 13.5. The van der Waals surface area contributed by atoms with Crippen molar-refractivity contribution >= 4 is 11.8 Å². The maximum atomic E-state index is 13.5. The molecule has 4 N–H and O–H groups in total. The average molecular weight is 294 g/mol. The van der Waals surface area contributed by atoms with Crippen LogP contribution in [0.4, 0.5) is 8.78 Å². The van der Waals surface area contributed by atoms with Gasteiger partial charge in [-0.25, -0.2) is 4.79 Å². The van der Waals surface area contributed by atoms with Gasteiger partial charge >= 0.3 is 11.9 Å². The average Bonchev–Trinajstić information content (AvgIpc) is 2.24. The minimum absolute atomic E-state index is 0.240. The number of ether oxygens (including phenoxy) is 1. The fraction of sp³-hybridized carbons (Fsp3) is 0.846. The van der Waals surface area contributed by atoms with E-state index in [1.165, 1.54) is 0 Å². The van der Waals surface area contributed by atoms with Gasteiger partial charge in [0.2, 0.25) is 5.78 Å². The Labute approximate surface area is 118 Å². The molecule has 1 unspecified atom stereocenters. The summed E-state index contributed by atoms with van der Waals surface area (Å²) in [4.78, 5) is 24.0. The second kappa shape index (κ2) is 6.13. The van der Waals surface area contributed by atoms with Gasteiger partial charge in [0.25, 0.3) is 0 Å². The number of ketones is 1. The SMILES string of the molecule is CC(C)CC(N)(C(=O)OC(C)(C)C)C(=O)C(F)(F)CN. The molecule has 0 saturated carbocycles. The number of Topliss-reactive ketones (excluding diaryl/α,β-unsaturated/α-hetero) is 1. The lowest BCUT2D eigenvalue weighted by Gasteiger charge is -2.33. The van der Waals surface area contributed by atoms with Gasteiger partial charge in [-0.15, -0.1) is 0 Å². The van der Waals surface area contributed by atoms with Crippen LogP contribution in [0, 0.1) is 5.92 Å². The van der Waals surface area contributed by atoms with E-state index in [-0.39, 0.29) is 12.3 Å². The number of alkyl halides is 2. The summed E-state index contributed by atoms with van der Waals surface area (Å²) < 4.78 is 32.1. The van der Waals surface area contributed by atoms with Crippen molar-refractivity contribution in [2.24, 2.45) is 17.4 Å². The van der Waals surface area contributed by atoms with Crippen LogP contribution in [0.15, 0.2) is 0 Å². The van der Waals surface area contributed by atoms with Gasteiger partial charge in [-0.1, -0.05) is 13.8 Å². The standard InChI is InChI=1S/C13H24F2N2O3/c1-8(2)6-12(17,9(18)13(14,15)7-16)10(19)20-11(3,4)5/h8H,6-7,16-17H2,1-5H3. The van der Waals surface area contributed by atoms with E-state index in [0.29, 0.717) is 0 Å². The molecule has 0 amide bonds. The molecule has 7 heteroatoms. The van der Waals surface area contributed by atoms with E-state index in [1.807, 2.05) is 0 Å². The van der Waals surface area contributed by atoms with Gasteiger partial charge in [-0.3, -0.25) is 4.79 Å².